The van der Waals surface area contributed by atoms with E-state index in [1.165, 1.54) is 18.2 Å². The second-order valence-corrected chi connectivity index (χ2v) is 7.00. The minimum atomic E-state index is -0.384. The molecule has 0 bridgehead atoms. The van der Waals surface area contributed by atoms with Gasteiger partial charge in [0.05, 0.1) is 23.4 Å². The molecule has 4 rings (SSSR count). The number of nitrogen functional groups attached to an aromatic ring is 2. The van der Waals surface area contributed by atoms with Gasteiger partial charge in [-0.3, -0.25) is 9.59 Å². The number of carbonyl (C=O) groups is 2. The summed E-state index contributed by atoms with van der Waals surface area (Å²) in [5.74, 6) is -0.440. The van der Waals surface area contributed by atoms with E-state index >= 15 is 0 Å². The third kappa shape index (κ3) is 3.00. The van der Waals surface area contributed by atoms with Crippen molar-refractivity contribution in [2.24, 2.45) is 0 Å². The first-order chi connectivity index (χ1) is 13.5. The van der Waals surface area contributed by atoms with Gasteiger partial charge in [-0.25, -0.2) is 0 Å². The molecule has 0 saturated heterocycles. The average Bonchev–Trinajstić information content (AvgIpc) is 2.69. The molecule has 0 spiro atoms. The first kappa shape index (κ1) is 18.1. The second kappa shape index (κ2) is 7.02. The van der Waals surface area contributed by atoms with Gasteiger partial charge in [0.2, 0.25) is 0 Å². The molecule has 0 atom stereocenters. The zero-order chi connectivity index (χ0) is 19.8. The lowest BCUT2D eigenvalue weighted by Crippen LogP contribution is -2.24. The van der Waals surface area contributed by atoms with Gasteiger partial charge in [-0.2, -0.15) is 0 Å². The summed E-state index contributed by atoms with van der Waals surface area (Å²) in [5.41, 5.74) is 14.4. The molecule has 0 heterocycles. The van der Waals surface area contributed by atoms with E-state index in [1.54, 1.807) is 6.07 Å². The van der Waals surface area contributed by atoms with E-state index in [-0.39, 0.29) is 45.2 Å². The number of hydrogen-bond acceptors (Lipinski definition) is 5. The number of ether oxygens (including phenoxy) is 1. The first-order valence-corrected chi connectivity index (χ1v) is 9.12. The minimum absolute atomic E-state index is 0.0782. The van der Waals surface area contributed by atoms with Gasteiger partial charge in [-0.15, -0.1) is 0 Å². The molecule has 28 heavy (non-hydrogen) atoms. The fourth-order valence-corrected chi connectivity index (χ4v) is 3.56. The highest BCUT2D eigenvalue weighted by molar-refractivity contribution is 6.35. The second-order valence-electron chi connectivity index (χ2n) is 6.56. The molecule has 0 amide bonds. The van der Waals surface area contributed by atoms with Crippen molar-refractivity contribution < 1.29 is 14.3 Å². The normalized spacial score (nSPS) is 12.5. The zero-order valence-electron chi connectivity index (χ0n) is 14.9. The van der Waals surface area contributed by atoms with Crippen molar-refractivity contribution in [2.45, 2.75) is 6.42 Å². The molecule has 6 heteroatoms. The SMILES string of the molecule is Nc1cc(OCCc2ccccc2)c(N)c2c1C(=O)c1ccc(Cl)cc1C2=O. The van der Waals surface area contributed by atoms with Crippen LogP contribution in [0.1, 0.15) is 37.4 Å². The Morgan fingerprint density at radius 2 is 1.57 bits per heavy atom. The molecule has 0 saturated carbocycles. The van der Waals surface area contributed by atoms with Crippen molar-refractivity contribution in [2.75, 3.05) is 18.1 Å². The summed E-state index contributed by atoms with van der Waals surface area (Å²) in [6, 6.07) is 15.9. The van der Waals surface area contributed by atoms with Crippen LogP contribution in [0.25, 0.3) is 0 Å². The number of nitrogens with two attached hydrogens (primary N) is 2. The zero-order valence-corrected chi connectivity index (χ0v) is 15.6. The van der Waals surface area contributed by atoms with Crippen molar-refractivity contribution in [3.63, 3.8) is 0 Å². The van der Waals surface area contributed by atoms with Gasteiger partial charge < -0.3 is 16.2 Å². The molecule has 3 aromatic carbocycles. The maximum Gasteiger partial charge on any atom is 0.196 e. The fourth-order valence-electron chi connectivity index (χ4n) is 3.39. The van der Waals surface area contributed by atoms with E-state index in [4.69, 9.17) is 27.8 Å². The maximum absolute atomic E-state index is 13.0. The molecule has 0 aromatic heterocycles. The van der Waals surface area contributed by atoms with E-state index in [0.717, 1.165) is 5.56 Å². The lowest BCUT2D eigenvalue weighted by molar-refractivity contribution is 0.0980. The number of rotatable bonds is 4. The summed E-state index contributed by atoms with van der Waals surface area (Å²) in [6.07, 6.45) is 0.669. The van der Waals surface area contributed by atoms with Crippen LogP contribution >= 0.6 is 11.6 Å². The van der Waals surface area contributed by atoms with E-state index in [1.807, 2.05) is 30.3 Å². The van der Waals surface area contributed by atoms with Crippen LogP contribution in [0.2, 0.25) is 5.02 Å². The van der Waals surface area contributed by atoms with Crippen LogP contribution in [0.4, 0.5) is 11.4 Å². The Hall–Kier alpha value is -3.31. The van der Waals surface area contributed by atoms with Crippen LogP contribution in [0.15, 0.2) is 54.6 Å². The van der Waals surface area contributed by atoms with E-state index in [9.17, 15) is 9.59 Å². The average molecular weight is 393 g/mol. The summed E-state index contributed by atoms with van der Waals surface area (Å²) < 4.78 is 5.79. The fraction of sp³-hybridized carbons (Fsp3) is 0.0909. The first-order valence-electron chi connectivity index (χ1n) is 8.75. The molecule has 1 aliphatic carbocycles. The number of carbonyl (C=O) groups excluding carboxylic acids is 2. The van der Waals surface area contributed by atoms with Crippen LogP contribution in [0.5, 0.6) is 5.75 Å². The summed E-state index contributed by atoms with van der Waals surface area (Å²) in [7, 11) is 0. The predicted molar refractivity (Wildman–Crippen MR) is 109 cm³/mol. The number of ketones is 2. The number of fused-ring (bicyclic) bond motifs is 2. The molecule has 5 nitrogen and oxygen atoms in total. The Bertz CT molecular complexity index is 1110. The van der Waals surface area contributed by atoms with Crippen molar-refractivity contribution in [1.82, 2.24) is 0 Å². The number of halogens is 1. The quantitative estimate of drug-likeness (QED) is 0.513. The topological polar surface area (TPSA) is 95.4 Å². The summed E-state index contributed by atoms with van der Waals surface area (Å²) in [4.78, 5) is 25.9. The Morgan fingerprint density at radius 1 is 0.857 bits per heavy atom. The predicted octanol–water partition coefficient (Wildman–Crippen LogP) is 3.90. The highest BCUT2D eigenvalue weighted by atomic mass is 35.5. The Balaban J connectivity index is 1.69. The van der Waals surface area contributed by atoms with E-state index < -0.39 is 0 Å². The van der Waals surface area contributed by atoms with Crippen molar-refractivity contribution in [3.8, 4) is 5.75 Å². The standard InChI is InChI=1S/C22H17ClN2O3/c23-13-6-7-14-15(10-13)22(27)19-18(21(14)26)16(24)11-17(20(19)25)28-9-8-12-4-2-1-3-5-12/h1-7,10-11H,8-9,24-25H2. The Morgan fingerprint density at radius 3 is 2.32 bits per heavy atom. The molecule has 140 valence electrons. The smallest absolute Gasteiger partial charge is 0.196 e. The van der Waals surface area contributed by atoms with Gasteiger partial charge in [-0.1, -0.05) is 41.9 Å². The van der Waals surface area contributed by atoms with E-state index in [2.05, 4.69) is 0 Å². The molecule has 0 fully saturated rings. The van der Waals surface area contributed by atoms with Gasteiger partial charge in [0.1, 0.15) is 5.75 Å². The molecule has 0 unspecified atom stereocenters. The molecule has 3 aromatic rings. The molecular formula is C22H17ClN2O3. The maximum atomic E-state index is 13.0. The lowest BCUT2D eigenvalue weighted by atomic mass is 9.82. The van der Waals surface area contributed by atoms with Gasteiger partial charge in [0.15, 0.2) is 11.6 Å². The molecular weight excluding hydrogens is 376 g/mol. The summed E-state index contributed by atoms with van der Waals surface area (Å²) in [6.45, 7) is 0.358. The summed E-state index contributed by atoms with van der Waals surface area (Å²) in [5, 5.41) is 0.366. The number of hydrogen-bond donors (Lipinski definition) is 2. The molecule has 0 aliphatic heterocycles. The summed E-state index contributed by atoms with van der Waals surface area (Å²) >= 11 is 6.00. The largest absolute Gasteiger partial charge is 0.491 e. The third-order valence-corrected chi connectivity index (χ3v) is 5.01. The van der Waals surface area contributed by atoms with Crippen molar-refractivity contribution >= 4 is 34.5 Å². The van der Waals surface area contributed by atoms with Gasteiger partial charge in [0, 0.05) is 34.3 Å². The van der Waals surface area contributed by atoms with Gasteiger partial charge >= 0.3 is 0 Å². The highest BCUT2D eigenvalue weighted by Gasteiger charge is 2.34. The van der Waals surface area contributed by atoms with Crippen LogP contribution in [-0.2, 0) is 6.42 Å². The van der Waals surface area contributed by atoms with Crippen molar-refractivity contribution in [3.05, 3.63) is 87.4 Å². The van der Waals surface area contributed by atoms with E-state index in [0.29, 0.717) is 23.8 Å². The number of anilines is 2. The Kier molecular flexibility index (Phi) is 4.53. The number of benzene rings is 3. The van der Waals surface area contributed by atoms with Gasteiger partial charge in [-0.05, 0) is 23.8 Å². The van der Waals surface area contributed by atoms with Crippen molar-refractivity contribution in [1.29, 1.82) is 0 Å². The molecule has 0 radical (unpaired) electrons. The highest BCUT2D eigenvalue weighted by Crippen LogP contribution is 2.40. The van der Waals surface area contributed by atoms with Crippen LogP contribution < -0.4 is 16.2 Å². The van der Waals surface area contributed by atoms with Crippen LogP contribution in [0, 0.1) is 0 Å². The van der Waals surface area contributed by atoms with Crippen LogP contribution in [-0.4, -0.2) is 18.2 Å². The molecule has 1 aliphatic rings. The van der Waals surface area contributed by atoms with Crippen LogP contribution in [0.3, 0.4) is 0 Å². The third-order valence-electron chi connectivity index (χ3n) is 4.78. The molecule has 4 N–H and O–H groups in total. The minimum Gasteiger partial charge on any atom is -0.491 e. The van der Waals surface area contributed by atoms with Gasteiger partial charge in [0.25, 0.3) is 0 Å². The Labute approximate surface area is 166 Å². The lowest BCUT2D eigenvalue weighted by Gasteiger charge is -2.22. The monoisotopic (exact) mass is 392 g/mol.